The highest BCUT2D eigenvalue weighted by molar-refractivity contribution is 7.19. The number of nitrogens with one attached hydrogen (secondary N) is 1. The van der Waals surface area contributed by atoms with Crippen LogP contribution in [0.3, 0.4) is 0 Å². The number of ether oxygens (including phenoxy) is 2. The number of nitriles is 1. The van der Waals surface area contributed by atoms with E-state index in [1.54, 1.807) is 24.5 Å². The Bertz CT molecular complexity index is 1350. The topological polar surface area (TPSA) is 83.8 Å². The van der Waals surface area contributed by atoms with Crippen molar-refractivity contribution in [3.63, 3.8) is 0 Å². The minimum atomic E-state index is -0.0402. The van der Waals surface area contributed by atoms with E-state index >= 15 is 0 Å². The summed E-state index contributed by atoms with van der Waals surface area (Å²) < 4.78 is 12.0. The standard InChI is InChI=1S/C25H18N4O2S/c1-30-22-15-16(10-11-21(22)31-13-12-26)14-17(24-27-18-6-2-3-7-19(18)28-24)25-29-20-8-4-5-9-23(20)32-25/h2-11,14-15H,13H2,1H3,(H,27,28). The molecule has 2 aromatic heterocycles. The molecule has 3 aromatic carbocycles. The number of aromatic nitrogens is 3. The van der Waals surface area contributed by atoms with Gasteiger partial charge in [0.2, 0.25) is 0 Å². The molecule has 1 N–H and O–H groups in total. The molecule has 5 aromatic rings. The molecule has 0 radical (unpaired) electrons. The number of fused-ring (bicyclic) bond motifs is 2. The van der Waals surface area contributed by atoms with Gasteiger partial charge in [0, 0.05) is 0 Å². The number of hydrogen-bond donors (Lipinski definition) is 1. The minimum absolute atomic E-state index is 0.0402. The third kappa shape index (κ3) is 3.80. The van der Waals surface area contributed by atoms with Crippen LogP contribution in [0.15, 0.2) is 66.7 Å². The molecule has 6 nitrogen and oxygen atoms in total. The van der Waals surface area contributed by atoms with Crippen molar-refractivity contribution in [2.75, 3.05) is 13.7 Å². The molecule has 32 heavy (non-hydrogen) atoms. The van der Waals surface area contributed by atoms with Crippen LogP contribution in [0.2, 0.25) is 0 Å². The van der Waals surface area contributed by atoms with Gasteiger partial charge >= 0.3 is 0 Å². The quantitative estimate of drug-likeness (QED) is 0.369. The predicted molar refractivity (Wildman–Crippen MR) is 127 cm³/mol. The van der Waals surface area contributed by atoms with Crippen molar-refractivity contribution in [3.05, 3.63) is 83.1 Å². The zero-order chi connectivity index (χ0) is 21.9. The molecule has 0 bridgehead atoms. The molecule has 156 valence electrons. The number of H-pyrrole nitrogens is 1. The van der Waals surface area contributed by atoms with Crippen LogP contribution in [0.1, 0.15) is 16.4 Å². The summed E-state index contributed by atoms with van der Waals surface area (Å²) in [7, 11) is 1.58. The number of hydrogen-bond acceptors (Lipinski definition) is 6. The molecule has 0 spiro atoms. The molecule has 2 heterocycles. The Morgan fingerprint density at radius 1 is 1.03 bits per heavy atom. The van der Waals surface area contributed by atoms with E-state index in [0.29, 0.717) is 11.5 Å². The normalized spacial score (nSPS) is 11.6. The third-order valence-corrected chi connectivity index (χ3v) is 6.03. The van der Waals surface area contributed by atoms with Crippen molar-refractivity contribution in [2.24, 2.45) is 0 Å². The van der Waals surface area contributed by atoms with E-state index < -0.39 is 0 Å². The van der Waals surface area contributed by atoms with Crippen LogP contribution in [0.4, 0.5) is 0 Å². The van der Waals surface area contributed by atoms with Gasteiger partial charge in [0.15, 0.2) is 18.1 Å². The first-order valence-corrected chi connectivity index (χ1v) is 10.8. The summed E-state index contributed by atoms with van der Waals surface area (Å²) >= 11 is 1.62. The zero-order valence-electron chi connectivity index (χ0n) is 17.2. The van der Waals surface area contributed by atoms with Crippen molar-refractivity contribution in [3.8, 4) is 17.6 Å². The van der Waals surface area contributed by atoms with Gasteiger partial charge in [-0.2, -0.15) is 5.26 Å². The fourth-order valence-electron chi connectivity index (χ4n) is 3.47. The van der Waals surface area contributed by atoms with E-state index in [1.165, 1.54) is 0 Å². The molecule has 0 fully saturated rings. The number of aromatic amines is 1. The minimum Gasteiger partial charge on any atom is -0.493 e. The van der Waals surface area contributed by atoms with Gasteiger partial charge < -0.3 is 14.5 Å². The van der Waals surface area contributed by atoms with Gasteiger partial charge in [0.05, 0.1) is 33.9 Å². The molecule has 0 aliphatic carbocycles. The molecule has 7 heteroatoms. The monoisotopic (exact) mass is 438 g/mol. The molecule has 0 amide bonds. The molecule has 0 atom stereocenters. The van der Waals surface area contributed by atoms with Gasteiger partial charge in [-0.3, -0.25) is 0 Å². The Kier molecular flexibility index (Phi) is 5.28. The largest absolute Gasteiger partial charge is 0.493 e. The fraction of sp³-hybridized carbons (Fsp3) is 0.0800. The molecule has 0 saturated heterocycles. The number of rotatable bonds is 6. The van der Waals surface area contributed by atoms with Crippen molar-refractivity contribution in [1.82, 2.24) is 15.0 Å². The van der Waals surface area contributed by atoms with Crippen LogP contribution in [0.25, 0.3) is 32.9 Å². The van der Waals surface area contributed by atoms with Crippen LogP contribution in [0, 0.1) is 11.3 Å². The van der Waals surface area contributed by atoms with Crippen molar-refractivity contribution in [1.29, 1.82) is 5.26 Å². The van der Waals surface area contributed by atoms with E-state index in [0.717, 1.165) is 43.2 Å². The van der Waals surface area contributed by atoms with Crippen LogP contribution < -0.4 is 9.47 Å². The van der Waals surface area contributed by atoms with E-state index in [-0.39, 0.29) is 6.61 Å². The predicted octanol–water partition coefficient (Wildman–Crippen LogP) is 5.67. The second kappa shape index (κ2) is 8.53. The van der Waals surface area contributed by atoms with E-state index in [1.807, 2.05) is 66.7 Å². The average Bonchev–Trinajstić information content (AvgIpc) is 3.45. The Labute approximate surface area is 188 Å². The number of imidazole rings is 1. The van der Waals surface area contributed by atoms with E-state index in [4.69, 9.17) is 24.7 Å². The molecule has 5 rings (SSSR count). The third-order valence-electron chi connectivity index (χ3n) is 4.96. The molecule has 0 aliphatic heterocycles. The van der Waals surface area contributed by atoms with Crippen LogP contribution in [-0.4, -0.2) is 28.7 Å². The van der Waals surface area contributed by atoms with E-state index in [2.05, 4.69) is 11.1 Å². The van der Waals surface area contributed by atoms with Crippen LogP contribution >= 0.6 is 11.3 Å². The van der Waals surface area contributed by atoms with Crippen LogP contribution in [0.5, 0.6) is 11.5 Å². The number of benzene rings is 3. The first-order chi connectivity index (χ1) is 15.7. The van der Waals surface area contributed by atoms with Gasteiger partial charge in [-0.25, -0.2) is 9.97 Å². The maximum atomic E-state index is 8.80. The lowest BCUT2D eigenvalue weighted by molar-refractivity contribution is 0.329. The molecular weight excluding hydrogens is 420 g/mol. The lowest BCUT2D eigenvalue weighted by Gasteiger charge is -2.09. The molecule has 0 unspecified atom stereocenters. The van der Waals surface area contributed by atoms with Gasteiger partial charge in [-0.1, -0.05) is 30.3 Å². The van der Waals surface area contributed by atoms with E-state index in [9.17, 15) is 0 Å². The molecule has 0 aliphatic rings. The van der Waals surface area contributed by atoms with Crippen molar-refractivity contribution >= 4 is 44.2 Å². The fourth-order valence-corrected chi connectivity index (χ4v) is 4.45. The smallest absolute Gasteiger partial charge is 0.174 e. The van der Waals surface area contributed by atoms with Crippen molar-refractivity contribution < 1.29 is 9.47 Å². The summed E-state index contributed by atoms with van der Waals surface area (Å²) in [6.45, 7) is -0.0402. The van der Waals surface area contributed by atoms with Gasteiger partial charge in [0.25, 0.3) is 0 Å². The summed E-state index contributed by atoms with van der Waals surface area (Å²) in [5.74, 6) is 1.83. The first-order valence-electron chi connectivity index (χ1n) is 9.96. The van der Waals surface area contributed by atoms with Gasteiger partial charge in [-0.15, -0.1) is 11.3 Å². The summed E-state index contributed by atoms with van der Waals surface area (Å²) in [6.07, 6.45) is 2.03. The maximum Gasteiger partial charge on any atom is 0.174 e. The Morgan fingerprint density at radius 3 is 2.62 bits per heavy atom. The second-order valence-electron chi connectivity index (χ2n) is 7.00. The molecular formula is C25H18N4O2S. The summed E-state index contributed by atoms with van der Waals surface area (Å²) in [5, 5.41) is 9.66. The summed E-state index contributed by atoms with van der Waals surface area (Å²) in [5.41, 5.74) is 4.60. The molecule has 0 saturated carbocycles. The highest BCUT2D eigenvalue weighted by Gasteiger charge is 2.16. The van der Waals surface area contributed by atoms with Gasteiger partial charge in [-0.05, 0) is 48.0 Å². The Balaban J connectivity index is 1.65. The maximum absolute atomic E-state index is 8.80. The highest BCUT2D eigenvalue weighted by Crippen LogP contribution is 2.34. The Hall–Kier alpha value is -4.15. The Morgan fingerprint density at radius 2 is 1.84 bits per heavy atom. The lowest BCUT2D eigenvalue weighted by atomic mass is 10.1. The summed E-state index contributed by atoms with van der Waals surface area (Å²) in [6, 6.07) is 23.6. The van der Waals surface area contributed by atoms with Crippen molar-refractivity contribution in [2.45, 2.75) is 0 Å². The SMILES string of the molecule is COc1cc(C=C(c2nc3ccccc3[nH]2)c2nc3ccccc3s2)ccc1OCC#N. The number of nitrogens with zero attached hydrogens (tertiary/aromatic N) is 3. The first kappa shape index (κ1) is 19.8. The number of thiazole rings is 1. The van der Waals surface area contributed by atoms with Gasteiger partial charge in [0.1, 0.15) is 16.9 Å². The number of methoxy groups -OCH3 is 1. The number of para-hydroxylation sites is 3. The average molecular weight is 439 g/mol. The highest BCUT2D eigenvalue weighted by atomic mass is 32.1. The zero-order valence-corrected chi connectivity index (χ0v) is 18.0. The van der Waals surface area contributed by atoms with Crippen LogP contribution in [-0.2, 0) is 0 Å². The second-order valence-corrected chi connectivity index (χ2v) is 8.04. The summed E-state index contributed by atoms with van der Waals surface area (Å²) in [4.78, 5) is 13.1. The lowest BCUT2D eigenvalue weighted by Crippen LogP contribution is -1.97.